The molecule has 0 radical (unpaired) electrons. The second kappa shape index (κ2) is 8.03. The minimum Gasteiger partial charge on any atom is -0.445 e. The van der Waals surface area contributed by atoms with Crippen LogP contribution in [0.4, 0.5) is 4.79 Å². The fourth-order valence-corrected chi connectivity index (χ4v) is 2.15. The lowest BCUT2D eigenvalue weighted by molar-refractivity contribution is 0.135. The summed E-state index contributed by atoms with van der Waals surface area (Å²) >= 11 is 0. The van der Waals surface area contributed by atoms with E-state index in [2.05, 4.69) is 11.9 Å². The van der Waals surface area contributed by atoms with E-state index in [1.165, 1.54) is 5.56 Å². The van der Waals surface area contributed by atoms with Gasteiger partial charge in [-0.25, -0.2) is 4.79 Å². The van der Waals surface area contributed by atoms with Crippen LogP contribution >= 0.6 is 0 Å². The van der Waals surface area contributed by atoms with Crippen molar-refractivity contribution in [3.05, 3.63) is 83.9 Å². The molecule has 0 aliphatic carbocycles. The lowest BCUT2D eigenvalue weighted by Crippen LogP contribution is -2.28. The number of alkyl carbamates (subject to hydrolysis) is 1. The van der Waals surface area contributed by atoms with Crippen molar-refractivity contribution in [2.45, 2.75) is 26.0 Å². The number of hydrogen-bond acceptors (Lipinski definition) is 2. The van der Waals surface area contributed by atoms with Crippen LogP contribution in [0.5, 0.6) is 0 Å². The van der Waals surface area contributed by atoms with E-state index in [9.17, 15) is 4.79 Å². The normalized spacial score (nSPS) is 11.5. The first-order chi connectivity index (χ1) is 10.7. The highest BCUT2D eigenvalue weighted by molar-refractivity contribution is 5.68. The number of ether oxygens (including phenoxy) is 1. The van der Waals surface area contributed by atoms with Gasteiger partial charge < -0.3 is 10.1 Å². The summed E-state index contributed by atoms with van der Waals surface area (Å²) < 4.78 is 5.27. The maximum absolute atomic E-state index is 12.0. The number of hydrogen-bond donors (Lipinski definition) is 1. The standard InChI is InChI=1S/C19H21NO2/c1-3-7-18(17-12-10-15(2)11-13-17)20-19(21)22-14-16-8-5-4-6-9-16/h3-6,8-13,18H,1,7,14H2,2H3,(H,20,21). The van der Waals surface area contributed by atoms with E-state index in [0.717, 1.165) is 11.1 Å². The van der Waals surface area contributed by atoms with Crippen LogP contribution in [0, 0.1) is 6.92 Å². The van der Waals surface area contributed by atoms with Gasteiger partial charge in [-0.3, -0.25) is 0 Å². The number of amides is 1. The molecule has 1 unspecified atom stereocenters. The highest BCUT2D eigenvalue weighted by atomic mass is 16.5. The van der Waals surface area contributed by atoms with Gasteiger partial charge in [0.05, 0.1) is 6.04 Å². The van der Waals surface area contributed by atoms with Gasteiger partial charge in [-0.2, -0.15) is 0 Å². The maximum atomic E-state index is 12.0. The molecule has 1 atom stereocenters. The lowest BCUT2D eigenvalue weighted by Gasteiger charge is -2.18. The van der Waals surface area contributed by atoms with Crippen LogP contribution in [0.25, 0.3) is 0 Å². The van der Waals surface area contributed by atoms with Gasteiger partial charge in [0.2, 0.25) is 0 Å². The molecule has 0 fully saturated rings. The molecule has 0 aliphatic heterocycles. The first kappa shape index (κ1) is 15.8. The summed E-state index contributed by atoms with van der Waals surface area (Å²) in [6.45, 7) is 6.05. The Labute approximate surface area is 131 Å². The van der Waals surface area contributed by atoms with E-state index in [-0.39, 0.29) is 12.6 Å². The Hall–Kier alpha value is -2.55. The molecule has 0 aliphatic rings. The molecule has 2 aromatic carbocycles. The van der Waals surface area contributed by atoms with Crippen LogP contribution in [0.3, 0.4) is 0 Å². The monoisotopic (exact) mass is 295 g/mol. The Balaban J connectivity index is 1.94. The Kier molecular flexibility index (Phi) is 5.78. The molecule has 0 spiro atoms. The largest absolute Gasteiger partial charge is 0.445 e. The first-order valence-corrected chi connectivity index (χ1v) is 7.33. The minimum absolute atomic E-state index is 0.124. The number of benzene rings is 2. The van der Waals surface area contributed by atoms with Crippen molar-refractivity contribution in [2.75, 3.05) is 0 Å². The van der Waals surface area contributed by atoms with E-state index < -0.39 is 6.09 Å². The summed E-state index contributed by atoms with van der Waals surface area (Å²) in [4.78, 5) is 12.0. The van der Waals surface area contributed by atoms with Gasteiger partial charge in [0.1, 0.15) is 6.61 Å². The predicted octanol–water partition coefficient (Wildman–Crippen LogP) is 4.54. The van der Waals surface area contributed by atoms with E-state index in [4.69, 9.17) is 4.74 Å². The van der Waals surface area contributed by atoms with Gasteiger partial charge >= 0.3 is 6.09 Å². The number of carbonyl (C=O) groups is 1. The van der Waals surface area contributed by atoms with Crippen molar-refractivity contribution >= 4 is 6.09 Å². The van der Waals surface area contributed by atoms with E-state index in [0.29, 0.717) is 6.42 Å². The number of rotatable bonds is 6. The topological polar surface area (TPSA) is 38.3 Å². The van der Waals surface area contributed by atoms with Gasteiger partial charge in [0.25, 0.3) is 0 Å². The van der Waals surface area contributed by atoms with Crippen LogP contribution in [0.2, 0.25) is 0 Å². The summed E-state index contributed by atoms with van der Waals surface area (Å²) in [6.07, 6.45) is 2.03. The highest BCUT2D eigenvalue weighted by Gasteiger charge is 2.14. The average Bonchev–Trinajstić information content (AvgIpc) is 2.54. The summed E-state index contributed by atoms with van der Waals surface area (Å²) in [6, 6.07) is 17.6. The second-order valence-corrected chi connectivity index (χ2v) is 5.19. The molecule has 0 bridgehead atoms. The SMILES string of the molecule is C=CCC(NC(=O)OCc1ccccc1)c1ccc(C)cc1. The Morgan fingerprint density at radius 3 is 2.50 bits per heavy atom. The van der Waals surface area contributed by atoms with Crippen molar-refractivity contribution < 1.29 is 9.53 Å². The highest BCUT2D eigenvalue weighted by Crippen LogP contribution is 2.18. The third kappa shape index (κ3) is 4.77. The Morgan fingerprint density at radius 2 is 1.86 bits per heavy atom. The molecule has 1 amide bonds. The molecule has 2 rings (SSSR count). The molecular weight excluding hydrogens is 274 g/mol. The van der Waals surface area contributed by atoms with Crippen LogP contribution in [0.1, 0.15) is 29.2 Å². The Bertz CT molecular complexity index is 605. The molecule has 22 heavy (non-hydrogen) atoms. The smallest absolute Gasteiger partial charge is 0.407 e. The third-order valence-corrected chi connectivity index (χ3v) is 3.39. The van der Waals surface area contributed by atoms with Crippen molar-refractivity contribution in [3.8, 4) is 0 Å². The van der Waals surface area contributed by atoms with Gasteiger partial charge in [-0.05, 0) is 24.5 Å². The Morgan fingerprint density at radius 1 is 1.18 bits per heavy atom. The third-order valence-electron chi connectivity index (χ3n) is 3.39. The summed E-state index contributed by atoms with van der Waals surface area (Å²) in [5.74, 6) is 0. The van der Waals surface area contributed by atoms with E-state index in [1.807, 2.05) is 61.5 Å². The molecular formula is C19H21NO2. The minimum atomic E-state index is -0.420. The number of aryl methyl sites for hydroxylation is 1. The van der Waals surface area contributed by atoms with Gasteiger partial charge in [0.15, 0.2) is 0 Å². The average molecular weight is 295 g/mol. The van der Waals surface area contributed by atoms with Crippen molar-refractivity contribution in [3.63, 3.8) is 0 Å². The molecule has 3 nitrogen and oxygen atoms in total. The molecule has 0 saturated heterocycles. The number of nitrogens with one attached hydrogen (secondary N) is 1. The van der Waals surface area contributed by atoms with Crippen molar-refractivity contribution in [1.29, 1.82) is 0 Å². The summed E-state index contributed by atoms with van der Waals surface area (Å²) in [5.41, 5.74) is 3.20. The van der Waals surface area contributed by atoms with Crippen LogP contribution in [-0.4, -0.2) is 6.09 Å². The zero-order chi connectivity index (χ0) is 15.8. The molecule has 0 aromatic heterocycles. The van der Waals surface area contributed by atoms with E-state index in [1.54, 1.807) is 6.08 Å². The molecule has 3 heteroatoms. The molecule has 0 heterocycles. The second-order valence-electron chi connectivity index (χ2n) is 5.19. The molecule has 2 aromatic rings. The van der Waals surface area contributed by atoms with Gasteiger partial charge in [-0.15, -0.1) is 6.58 Å². The van der Waals surface area contributed by atoms with Crippen molar-refractivity contribution in [2.24, 2.45) is 0 Å². The van der Waals surface area contributed by atoms with Crippen molar-refractivity contribution in [1.82, 2.24) is 5.32 Å². The molecule has 114 valence electrons. The van der Waals surface area contributed by atoms with E-state index >= 15 is 0 Å². The summed E-state index contributed by atoms with van der Waals surface area (Å²) in [7, 11) is 0. The fourth-order valence-electron chi connectivity index (χ4n) is 2.15. The van der Waals surface area contributed by atoms with Gasteiger partial charge in [-0.1, -0.05) is 66.2 Å². The molecule has 0 saturated carbocycles. The van der Waals surface area contributed by atoms with Gasteiger partial charge in [0, 0.05) is 0 Å². The van der Waals surface area contributed by atoms with Crippen LogP contribution in [-0.2, 0) is 11.3 Å². The van der Waals surface area contributed by atoms with Crippen LogP contribution in [0.15, 0.2) is 67.3 Å². The molecule has 1 N–H and O–H groups in total. The van der Waals surface area contributed by atoms with Crippen LogP contribution < -0.4 is 5.32 Å². The maximum Gasteiger partial charge on any atom is 0.407 e. The predicted molar refractivity (Wildman–Crippen MR) is 88.5 cm³/mol. The zero-order valence-electron chi connectivity index (χ0n) is 12.8. The fraction of sp³-hybridized carbons (Fsp3) is 0.211. The number of carbonyl (C=O) groups excluding carboxylic acids is 1. The first-order valence-electron chi connectivity index (χ1n) is 7.33. The zero-order valence-corrected chi connectivity index (χ0v) is 12.8. The quantitative estimate of drug-likeness (QED) is 0.795. The lowest BCUT2D eigenvalue weighted by atomic mass is 10.0. The summed E-state index contributed by atoms with van der Waals surface area (Å²) in [5, 5.41) is 2.89.